The number of nitrogens with one attached hydrogen (secondary N) is 6. The van der Waals surface area contributed by atoms with Gasteiger partial charge in [0, 0.05) is 94.7 Å². The molecule has 4 aliphatic heterocycles. The van der Waals surface area contributed by atoms with Gasteiger partial charge in [-0.2, -0.15) is 29.9 Å². The molecule has 86 heavy (non-hydrogen) atoms. The normalized spacial score (nSPS) is 21.5. The van der Waals surface area contributed by atoms with Crippen LogP contribution < -0.4 is 51.5 Å². The van der Waals surface area contributed by atoms with Crippen molar-refractivity contribution in [3.8, 4) is 0 Å². The molecule has 490 valence electrons. The van der Waals surface area contributed by atoms with Crippen LogP contribution in [0.15, 0.2) is 0 Å². The summed E-state index contributed by atoms with van der Waals surface area (Å²) in [6.45, 7) is 48.9. The fourth-order valence-electron chi connectivity index (χ4n) is 15.4. The van der Waals surface area contributed by atoms with Crippen molar-refractivity contribution in [3.63, 3.8) is 0 Å². The molecule has 4 saturated heterocycles. The second-order valence-corrected chi connectivity index (χ2v) is 31.4. The van der Waals surface area contributed by atoms with E-state index in [4.69, 9.17) is 39.4 Å². The summed E-state index contributed by atoms with van der Waals surface area (Å²) in [6, 6.07) is 0.788. The number of ether oxygens (including phenoxy) is 2. The SMILES string of the molecule is CCCCN(c1nc(NCC(=O)OCCCCOC(=O)CNc2nc(N(CCCC)C3CC(C)(C)NC(C)(C)C3)nc(N(CCCC)C3CC(C)(C)NC(C)(C)C3)n2)nc(N(CCCC)C2CC(C)(C)NC(C)(C)C2)n1)C1CC(C)(C)NC(C)(C)C1. The number of hydrogen-bond donors (Lipinski definition) is 6. The maximum Gasteiger partial charge on any atom is 0.325 e. The molecule has 0 aliphatic carbocycles. The molecule has 0 saturated carbocycles. The zero-order chi connectivity index (χ0) is 63.5. The average Bonchev–Trinajstić information content (AvgIpc) is 0.975. The van der Waals surface area contributed by atoms with E-state index < -0.39 is 11.9 Å². The van der Waals surface area contributed by atoms with E-state index in [-0.39, 0.29) is 94.8 Å². The third-order valence-corrected chi connectivity index (χ3v) is 17.5. The first-order chi connectivity index (χ1) is 40.1. The summed E-state index contributed by atoms with van der Waals surface area (Å²) in [5.41, 5.74) is -0.666. The second-order valence-electron chi connectivity index (χ2n) is 31.4. The number of aromatic nitrogens is 6. The number of unbranched alkanes of at least 4 members (excludes halogenated alkanes) is 5. The van der Waals surface area contributed by atoms with E-state index in [2.05, 4.69) is 190 Å². The van der Waals surface area contributed by atoms with Crippen LogP contribution in [0.5, 0.6) is 0 Å². The van der Waals surface area contributed by atoms with Crippen molar-refractivity contribution in [2.45, 2.75) is 323 Å². The molecule has 20 nitrogen and oxygen atoms in total. The summed E-state index contributed by atoms with van der Waals surface area (Å²) in [4.78, 5) is 67.9. The van der Waals surface area contributed by atoms with Gasteiger partial charge in [-0.15, -0.1) is 0 Å². The van der Waals surface area contributed by atoms with Crippen molar-refractivity contribution >= 4 is 47.6 Å². The topological polar surface area (TPSA) is 215 Å². The molecule has 0 atom stereocenters. The van der Waals surface area contributed by atoms with Gasteiger partial charge in [-0.05, 0) is 201 Å². The highest BCUT2D eigenvalue weighted by molar-refractivity contribution is 5.75. The number of esters is 2. The van der Waals surface area contributed by atoms with Gasteiger partial charge in [0.25, 0.3) is 0 Å². The Kier molecular flexibility index (Phi) is 24.2. The van der Waals surface area contributed by atoms with Crippen molar-refractivity contribution in [2.75, 3.05) is 82.7 Å². The first kappa shape index (κ1) is 70.7. The molecule has 20 heteroatoms. The molecule has 0 bridgehead atoms. The smallest absolute Gasteiger partial charge is 0.325 e. The summed E-state index contributed by atoms with van der Waals surface area (Å²) in [5, 5.41) is 22.0. The Morgan fingerprint density at radius 3 is 0.779 bits per heavy atom. The zero-order valence-corrected chi connectivity index (χ0v) is 57.8. The summed E-state index contributed by atoms with van der Waals surface area (Å²) < 4.78 is 11.5. The maximum atomic E-state index is 13.5. The molecular formula is C66H122N16O4. The van der Waals surface area contributed by atoms with E-state index in [0.29, 0.717) is 48.5 Å². The van der Waals surface area contributed by atoms with Crippen LogP contribution in [0.25, 0.3) is 0 Å². The number of carbonyl (C=O) groups is 2. The van der Waals surface area contributed by atoms with Crippen LogP contribution in [0.4, 0.5) is 35.7 Å². The van der Waals surface area contributed by atoms with Crippen molar-refractivity contribution < 1.29 is 19.1 Å². The molecule has 2 aromatic rings. The van der Waals surface area contributed by atoms with Crippen LogP contribution in [0.2, 0.25) is 0 Å². The fraction of sp³-hybridized carbons (Fsp3) is 0.879. The molecule has 6 N–H and O–H groups in total. The Hall–Kier alpha value is -4.40. The van der Waals surface area contributed by atoms with Crippen LogP contribution in [0.1, 0.15) is 254 Å². The molecular weight excluding hydrogens is 1080 g/mol. The summed E-state index contributed by atoms with van der Waals surface area (Å²) in [6.07, 6.45) is 16.7. The average molecular weight is 1200 g/mol. The van der Waals surface area contributed by atoms with Gasteiger partial charge in [-0.1, -0.05) is 53.4 Å². The quantitative estimate of drug-likeness (QED) is 0.0306. The summed E-state index contributed by atoms with van der Waals surface area (Å²) in [7, 11) is 0. The highest BCUT2D eigenvalue weighted by atomic mass is 16.5. The van der Waals surface area contributed by atoms with Gasteiger partial charge in [-0.3, -0.25) is 9.59 Å². The fourth-order valence-corrected chi connectivity index (χ4v) is 15.4. The largest absolute Gasteiger partial charge is 0.464 e. The minimum atomic E-state index is -0.415. The predicted molar refractivity (Wildman–Crippen MR) is 354 cm³/mol. The monoisotopic (exact) mass is 1200 g/mol. The van der Waals surface area contributed by atoms with Gasteiger partial charge in [0.1, 0.15) is 13.1 Å². The number of piperidine rings is 4. The third kappa shape index (κ3) is 21.7. The van der Waals surface area contributed by atoms with Gasteiger partial charge < -0.3 is 61.0 Å². The van der Waals surface area contributed by atoms with Crippen LogP contribution in [-0.2, 0) is 19.1 Å². The van der Waals surface area contributed by atoms with Crippen LogP contribution in [-0.4, -0.2) is 163 Å². The van der Waals surface area contributed by atoms with Gasteiger partial charge in [-0.25, -0.2) is 0 Å². The molecule has 0 radical (unpaired) electrons. The highest BCUT2D eigenvalue weighted by Crippen LogP contribution is 2.39. The molecule has 0 spiro atoms. The lowest BCUT2D eigenvalue weighted by atomic mass is 9.79. The van der Waals surface area contributed by atoms with Crippen LogP contribution in [0, 0.1) is 0 Å². The van der Waals surface area contributed by atoms with Gasteiger partial charge in [0.05, 0.1) is 13.2 Å². The molecule has 4 fully saturated rings. The molecule has 6 heterocycles. The Balaban J connectivity index is 1.13. The van der Waals surface area contributed by atoms with E-state index >= 15 is 0 Å². The number of hydrogen-bond acceptors (Lipinski definition) is 20. The Labute approximate surface area is 521 Å². The highest BCUT2D eigenvalue weighted by Gasteiger charge is 2.45. The van der Waals surface area contributed by atoms with E-state index in [1.165, 1.54) is 0 Å². The first-order valence-electron chi connectivity index (χ1n) is 33.6. The first-order valence-corrected chi connectivity index (χ1v) is 33.6. The van der Waals surface area contributed by atoms with Crippen LogP contribution in [0.3, 0.4) is 0 Å². The van der Waals surface area contributed by atoms with Crippen molar-refractivity contribution in [1.29, 1.82) is 0 Å². The number of rotatable bonds is 31. The predicted octanol–water partition coefficient (Wildman–Crippen LogP) is 11.1. The van der Waals surface area contributed by atoms with Gasteiger partial charge >= 0.3 is 11.9 Å². The minimum Gasteiger partial charge on any atom is -0.464 e. The lowest BCUT2D eigenvalue weighted by Crippen LogP contribution is -2.63. The molecule has 0 aromatic carbocycles. The van der Waals surface area contributed by atoms with Gasteiger partial charge in [0.2, 0.25) is 35.7 Å². The lowest BCUT2D eigenvalue weighted by molar-refractivity contribution is -0.144. The lowest BCUT2D eigenvalue weighted by Gasteiger charge is -2.50. The standard InChI is InChI=1S/C66H122N16O4/c1-21-25-31-79(47-37-59(5,6)75-60(7,8)38-47)55-69-53(70-56(73-55)80(32-26-22-2)48-39-61(9,10)76-62(11,12)40-48)67-45-51(83)85-35-29-30-36-86-52(84)46-68-54-71-57(81(33-27-23-3)49-41-63(13,14)77-64(15,16)42-49)74-58(72-54)82(34-28-24-4)50-43-65(17,18)78-66(19,20)44-50/h47-50,75-78H,21-46H2,1-20H3,(H,67,69,70,73)(H,68,71,72,74). The summed E-state index contributed by atoms with van der Waals surface area (Å²) >= 11 is 0. The van der Waals surface area contributed by atoms with Crippen LogP contribution >= 0.6 is 0 Å². The van der Waals surface area contributed by atoms with E-state index in [1.54, 1.807) is 0 Å². The second kappa shape index (κ2) is 29.5. The van der Waals surface area contributed by atoms with E-state index in [9.17, 15) is 9.59 Å². The van der Waals surface area contributed by atoms with Crippen molar-refractivity contribution in [2.24, 2.45) is 0 Å². The van der Waals surface area contributed by atoms with E-state index in [1.807, 2.05) is 0 Å². The maximum absolute atomic E-state index is 13.5. The van der Waals surface area contributed by atoms with Gasteiger partial charge in [0.15, 0.2) is 0 Å². The molecule has 0 amide bonds. The molecule has 0 unspecified atom stereocenters. The Morgan fingerprint density at radius 1 is 0.372 bits per heavy atom. The zero-order valence-electron chi connectivity index (χ0n) is 57.8. The molecule has 6 rings (SSSR count). The Morgan fingerprint density at radius 2 is 0.581 bits per heavy atom. The Bertz CT molecular complexity index is 2110. The van der Waals surface area contributed by atoms with Crippen molar-refractivity contribution in [1.82, 2.24) is 51.2 Å². The number of carbonyl (C=O) groups excluding carboxylic acids is 2. The van der Waals surface area contributed by atoms with E-state index in [0.717, 1.165) is 129 Å². The minimum absolute atomic E-state index is 0.0832. The van der Waals surface area contributed by atoms with Crippen molar-refractivity contribution in [3.05, 3.63) is 0 Å². The third-order valence-electron chi connectivity index (χ3n) is 17.5. The number of nitrogens with zero attached hydrogens (tertiary/aromatic N) is 10. The summed E-state index contributed by atoms with van der Waals surface area (Å²) in [5.74, 6) is 2.47. The molecule has 2 aromatic heterocycles. The number of anilines is 6. The molecule has 4 aliphatic rings.